The van der Waals surface area contributed by atoms with Gasteiger partial charge in [0.2, 0.25) is 5.91 Å². The smallest absolute Gasteiger partial charge is 0.222 e. The van der Waals surface area contributed by atoms with Crippen LogP contribution in [0.25, 0.3) is 0 Å². The Bertz CT molecular complexity index is 577. The van der Waals surface area contributed by atoms with Crippen LogP contribution in [-0.4, -0.2) is 44.2 Å². The van der Waals surface area contributed by atoms with E-state index in [2.05, 4.69) is 20.9 Å². The van der Waals surface area contributed by atoms with Crippen molar-refractivity contribution in [3.8, 4) is 0 Å². The molecule has 1 fully saturated rings. The lowest BCUT2D eigenvalue weighted by Crippen LogP contribution is -2.39. The Labute approximate surface area is 192 Å². The molecule has 1 aliphatic rings. The maximum absolute atomic E-state index is 12.0. The molecule has 29 heavy (non-hydrogen) atoms. The minimum atomic E-state index is 0. The molecule has 3 N–H and O–H groups in total. The number of halogens is 1. The number of hydrogen-bond acceptors (Lipinski definition) is 3. The van der Waals surface area contributed by atoms with Crippen molar-refractivity contribution < 1.29 is 9.53 Å². The van der Waals surface area contributed by atoms with E-state index in [4.69, 9.17) is 4.74 Å². The number of guanidine groups is 1. The van der Waals surface area contributed by atoms with E-state index in [1.807, 2.05) is 37.3 Å². The van der Waals surface area contributed by atoms with E-state index in [1.165, 1.54) is 32.1 Å². The van der Waals surface area contributed by atoms with Gasteiger partial charge in [0.25, 0.3) is 0 Å². The Morgan fingerprint density at radius 3 is 2.59 bits per heavy atom. The summed E-state index contributed by atoms with van der Waals surface area (Å²) in [7, 11) is 0. The standard InChI is InChI=1S/C22H36N4O2.HI/c1-2-23-22(24-15-9-17-28-20-12-7-4-8-13-20)25-16-14-21(27)26-18-19-10-5-3-6-11-19;/h3,5-6,10-11,20H,2,4,7-9,12-18H2,1H3,(H,26,27)(H2,23,24,25);1H. The Balaban J connectivity index is 0.00000420. The van der Waals surface area contributed by atoms with Gasteiger partial charge in [-0.1, -0.05) is 49.6 Å². The number of aliphatic imine (C=N–C) groups is 1. The van der Waals surface area contributed by atoms with Crippen LogP contribution in [0.15, 0.2) is 35.3 Å². The van der Waals surface area contributed by atoms with Gasteiger partial charge < -0.3 is 20.7 Å². The largest absolute Gasteiger partial charge is 0.378 e. The summed E-state index contributed by atoms with van der Waals surface area (Å²) in [4.78, 5) is 16.5. The lowest BCUT2D eigenvalue weighted by atomic mass is 9.98. The van der Waals surface area contributed by atoms with Crippen molar-refractivity contribution in [2.45, 2.75) is 64.5 Å². The molecule has 1 aromatic carbocycles. The number of ether oxygens (including phenoxy) is 1. The third-order valence-electron chi connectivity index (χ3n) is 4.80. The maximum atomic E-state index is 12.0. The SMILES string of the molecule is CCNC(=NCCCOC1CCCCC1)NCCC(=O)NCc1ccccc1.I. The molecule has 6 nitrogen and oxygen atoms in total. The van der Waals surface area contributed by atoms with Crippen LogP contribution < -0.4 is 16.0 Å². The van der Waals surface area contributed by atoms with Crippen LogP contribution in [0.1, 0.15) is 57.4 Å². The predicted octanol–water partition coefficient (Wildman–Crippen LogP) is 3.61. The molecule has 1 amide bonds. The molecule has 2 rings (SSSR count). The first-order valence-corrected chi connectivity index (χ1v) is 10.7. The minimum Gasteiger partial charge on any atom is -0.378 e. The van der Waals surface area contributed by atoms with Crippen molar-refractivity contribution in [1.82, 2.24) is 16.0 Å². The molecule has 0 aliphatic heterocycles. The highest BCUT2D eigenvalue weighted by molar-refractivity contribution is 14.0. The van der Waals surface area contributed by atoms with Crippen LogP contribution in [0, 0.1) is 0 Å². The van der Waals surface area contributed by atoms with E-state index >= 15 is 0 Å². The Morgan fingerprint density at radius 1 is 1.10 bits per heavy atom. The summed E-state index contributed by atoms with van der Waals surface area (Å²) in [5, 5.41) is 9.39. The van der Waals surface area contributed by atoms with Gasteiger partial charge in [-0.05, 0) is 31.7 Å². The van der Waals surface area contributed by atoms with Crippen LogP contribution in [0.4, 0.5) is 0 Å². The van der Waals surface area contributed by atoms with Crippen LogP contribution in [0.5, 0.6) is 0 Å². The number of amides is 1. The Hall–Kier alpha value is -1.35. The summed E-state index contributed by atoms with van der Waals surface area (Å²) < 4.78 is 5.94. The average Bonchev–Trinajstić information content (AvgIpc) is 2.73. The summed E-state index contributed by atoms with van der Waals surface area (Å²) in [6.07, 6.45) is 8.17. The minimum absolute atomic E-state index is 0. The normalized spacial score (nSPS) is 14.7. The number of nitrogens with one attached hydrogen (secondary N) is 3. The molecule has 0 spiro atoms. The van der Waals surface area contributed by atoms with E-state index in [0.29, 0.717) is 25.6 Å². The predicted molar refractivity (Wildman–Crippen MR) is 130 cm³/mol. The third-order valence-corrected chi connectivity index (χ3v) is 4.80. The Morgan fingerprint density at radius 2 is 1.86 bits per heavy atom. The number of carbonyl (C=O) groups is 1. The van der Waals surface area contributed by atoms with Crippen molar-refractivity contribution in [3.63, 3.8) is 0 Å². The molecule has 1 saturated carbocycles. The highest BCUT2D eigenvalue weighted by Crippen LogP contribution is 2.20. The van der Waals surface area contributed by atoms with Gasteiger partial charge in [-0.2, -0.15) is 0 Å². The molecule has 1 aromatic rings. The molecule has 0 radical (unpaired) electrons. The monoisotopic (exact) mass is 516 g/mol. The highest BCUT2D eigenvalue weighted by Gasteiger charge is 2.12. The molecule has 0 bridgehead atoms. The van der Waals surface area contributed by atoms with Crippen LogP contribution in [0.3, 0.4) is 0 Å². The molecule has 164 valence electrons. The first kappa shape index (κ1) is 25.7. The van der Waals surface area contributed by atoms with Crippen molar-refractivity contribution in [2.24, 2.45) is 4.99 Å². The fourth-order valence-corrected chi connectivity index (χ4v) is 3.26. The second-order valence-electron chi connectivity index (χ2n) is 7.18. The van der Waals surface area contributed by atoms with Gasteiger partial charge >= 0.3 is 0 Å². The summed E-state index contributed by atoms with van der Waals surface area (Å²) in [6, 6.07) is 9.93. The van der Waals surface area contributed by atoms with Crippen molar-refractivity contribution in [1.29, 1.82) is 0 Å². The van der Waals surface area contributed by atoms with Crippen LogP contribution >= 0.6 is 24.0 Å². The van der Waals surface area contributed by atoms with Crippen LogP contribution in [0.2, 0.25) is 0 Å². The zero-order valence-corrected chi connectivity index (χ0v) is 20.0. The van der Waals surface area contributed by atoms with E-state index in [0.717, 1.165) is 37.6 Å². The fraction of sp³-hybridized carbons (Fsp3) is 0.636. The zero-order chi connectivity index (χ0) is 19.9. The maximum Gasteiger partial charge on any atom is 0.222 e. The summed E-state index contributed by atoms with van der Waals surface area (Å²) in [5.41, 5.74) is 1.11. The average molecular weight is 516 g/mol. The number of carbonyl (C=O) groups excluding carboxylic acids is 1. The molecular formula is C22H37IN4O2. The number of benzene rings is 1. The van der Waals surface area contributed by atoms with Crippen molar-refractivity contribution in [2.75, 3.05) is 26.2 Å². The molecule has 0 heterocycles. The zero-order valence-electron chi connectivity index (χ0n) is 17.6. The lowest BCUT2D eigenvalue weighted by molar-refractivity contribution is -0.121. The van der Waals surface area contributed by atoms with Crippen molar-refractivity contribution >= 4 is 35.8 Å². The summed E-state index contributed by atoms with van der Waals surface area (Å²) in [6.45, 7) is 5.46. The first-order chi connectivity index (χ1) is 13.8. The van der Waals surface area contributed by atoms with Gasteiger partial charge in [-0.15, -0.1) is 24.0 Å². The topological polar surface area (TPSA) is 74.8 Å². The van der Waals surface area contributed by atoms with Gasteiger partial charge in [0.05, 0.1) is 6.10 Å². The molecule has 1 aliphatic carbocycles. The van der Waals surface area contributed by atoms with E-state index in [9.17, 15) is 4.79 Å². The van der Waals surface area contributed by atoms with E-state index in [1.54, 1.807) is 0 Å². The van der Waals surface area contributed by atoms with Gasteiger partial charge in [0.1, 0.15) is 0 Å². The second-order valence-corrected chi connectivity index (χ2v) is 7.18. The first-order valence-electron chi connectivity index (χ1n) is 10.7. The number of hydrogen-bond donors (Lipinski definition) is 3. The molecule has 0 unspecified atom stereocenters. The van der Waals surface area contributed by atoms with E-state index in [-0.39, 0.29) is 29.9 Å². The van der Waals surface area contributed by atoms with Crippen LogP contribution in [-0.2, 0) is 16.1 Å². The van der Waals surface area contributed by atoms with Gasteiger partial charge in [0, 0.05) is 39.2 Å². The summed E-state index contributed by atoms with van der Waals surface area (Å²) >= 11 is 0. The van der Waals surface area contributed by atoms with Gasteiger partial charge in [-0.3, -0.25) is 9.79 Å². The highest BCUT2D eigenvalue weighted by atomic mass is 127. The molecule has 0 aromatic heterocycles. The molecule has 0 atom stereocenters. The van der Waals surface area contributed by atoms with Gasteiger partial charge in [0.15, 0.2) is 5.96 Å². The molecular weight excluding hydrogens is 479 g/mol. The van der Waals surface area contributed by atoms with E-state index < -0.39 is 0 Å². The quantitative estimate of drug-likeness (QED) is 0.182. The third kappa shape index (κ3) is 12.1. The summed E-state index contributed by atoms with van der Waals surface area (Å²) in [5.74, 6) is 0.795. The Kier molecular flexibility index (Phi) is 14.6. The fourth-order valence-electron chi connectivity index (χ4n) is 3.26. The molecule has 7 heteroatoms. The van der Waals surface area contributed by atoms with Crippen molar-refractivity contribution in [3.05, 3.63) is 35.9 Å². The number of nitrogens with zero attached hydrogens (tertiary/aromatic N) is 1. The second kappa shape index (κ2) is 16.4. The lowest BCUT2D eigenvalue weighted by Gasteiger charge is -2.21. The molecule has 0 saturated heterocycles. The number of rotatable bonds is 11. The van der Waals surface area contributed by atoms with Gasteiger partial charge in [-0.25, -0.2) is 0 Å².